The summed E-state index contributed by atoms with van der Waals surface area (Å²) in [5, 5.41) is 10.9. The van der Waals surface area contributed by atoms with Gasteiger partial charge in [0.15, 0.2) is 5.58 Å². The molecule has 2 heterocycles. The van der Waals surface area contributed by atoms with E-state index in [0.29, 0.717) is 30.7 Å². The van der Waals surface area contributed by atoms with Crippen molar-refractivity contribution in [3.05, 3.63) is 68.2 Å². The van der Waals surface area contributed by atoms with Crippen molar-refractivity contribution in [2.75, 3.05) is 6.61 Å². The molecule has 1 aliphatic heterocycles. The second-order valence-electron chi connectivity index (χ2n) is 5.72. The summed E-state index contributed by atoms with van der Waals surface area (Å²) in [4.78, 5) is 22.5. The molecule has 0 unspecified atom stereocenters. The molecule has 1 aromatic heterocycles. The SMILES string of the molecule is O=c1oc2ccc([N+](=O)[O-])cc2n1CCc1ccc2c(c1)CCO2. The quantitative estimate of drug-likeness (QED) is 0.543. The van der Waals surface area contributed by atoms with E-state index < -0.39 is 10.7 Å². The minimum atomic E-state index is -0.505. The average Bonchev–Trinajstić information content (AvgIpc) is 3.15. The number of rotatable bonds is 4. The number of nitro groups is 1. The fraction of sp³-hybridized carbons (Fsp3) is 0.235. The van der Waals surface area contributed by atoms with Crippen LogP contribution in [0.15, 0.2) is 45.6 Å². The standard InChI is InChI=1S/C17H14N2O5/c20-17-18(14-10-13(19(21)22)2-4-16(14)24-17)7-5-11-1-3-15-12(9-11)6-8-23-15/h1-4,9-10H,5-8H2. The number of oxazole rings is 1. The van der Waals surface area contributed by atoms with Gasteiger partial charge in [0.1, 0.15) is 5.75 Å². The number of aryl methyl sites for hydroxylation is 2. The Morgan fingerprint density at radius 3 is 2.92 bits per heavy atom. The maximum absolute atomic E-state index is 12.0. The van der Waals surface area contributed by atoms with Crippen LogP contribution in [0.1, 0.15) is 11.1 Å². The summed E-state index contributed by atoms with van der Waals surface area (Å²) in [5.74, 6) is 0.412. The van der Waals surface area contributed by atoms with Crippen molar-refractivity contribution in [1.82, 2.24) is 4.57 Å². The highest BCUT2D eigenvalue weighted by molar-refractivity contribution is 5.75. The van der Waals surface area contributed by atoms with Crippen LogP contribution < -0.4 is 10.5 Å². The van der Waals surface area contributed by atoms with E-state index >= 15 is 0 Å². The van der Waals surface area contributed by atoms with Gasteiger partial charge in [-0.05, 0) is 29.7 Å². The number of ether oxygens (including phenoxy) is 1. The minimum Gasteiger partial charge on any atom is -0.493 e. The first kappa shape index (κ1) is 14.5. The number of benzene rings is 2. The Balaban J connectivity index is 1.64. The summed E-state index contributed by atoms with van der Waals surface area (Å²) in [5.41, 5.74) is 3.00. The number of hydrogen-bond donors (Lipinski definition) is 0. The summed E-state index contributed by atoms with van der Waals surface area (Å²) < 4.78 is 12.1. The van der Waals surface area contributed by atoms with Gasteiger partial charge in [0.05, 0.1) is 17.0 Å². The third-order valence-corrected chi connectivity index (χ3v) is 4.24. The van der Waals surface area contributed by atoms with Crippen LogP contribution in [0.25, 0.3) is 11.1 Å². The van der Waals surface area contributed by atoms with Gasteiger partial charge in [-0.25, -0.2) is 4.79 Å². The molecule has 122 valence electrons. The van der Waals surface area contributed by atoms with Gasteiger partial charge in [-0.15, -0.1) is 0 Å². The first-order valence-corrected chi connectivity index (χ1v) is 7.64. The van der Waals surface area contributed by atoms with Crippen molar-refractivity contribution < 1.29 is 14.1 Å². The molecule has 0 radical (unpaired) electrons. The molecule has 0 saturated heterocycles. The van der Waals surface area contributed by atoms with Crippen LogP contribution in [0, 0.1) is 10.1 Å². The molecule has 0 N–H and O–H groups in total. The lowest BCUT2D eigenvalue weighted by Crippen LogP contribution is -2.15. The molecular formula is C17H14N2O5. The van der Waals surface area contributed by atoms with Gasteiger partial charge >= 0.3 is 5.76 Å². The zero-order chi connectivity index (χ0) is 16.7. The van der Waals surface area contributed by atoms with E-state index in [0.717, 1.165) is 17.7 Å². The van der Waals surface area contributed by atoms with Gasteiger partial charge in [-0.2, -0.15) is 0 Å². The molecule has 0 atom stereocenters. The first-order valence-electron chi connectivity index (χ1n) is 7.64. The zero-order valence-corrected chi connectivity index (χ0v) is 12.7. The van der Waals surface area contributed by atoms with Crippen LogP contribution in [-0.4, -0.2) is 16.1 Å². The zero-order valence-electron chi connectivity index (χ0n) is 12.7. The third kappa shape index (κ3) is 2.44. The normalized spacial score (nSPS) is 13.0. The van der Waals surface area contributed by atoms with Crippen molar-refractivity contribution >= 4 is 16.8 Å². The smallest absolute Gasteiger partial charge is 0.419 e. The number of fused-ring (bicyclic) bond motifs is 2. The molecule has 0 aliphatic carbocycles. The molecule has 24 heavy (non-hydrogen) atoms. The number of nitrogens with zero attached hydrogens (tertiary/aromatic N) is 2. The van der Waals surface area contributed by atoms with Crippen LogP contribution in [0.5, 0.6) is 5.75 Å². The number of nitro benzene ring substituents is 1. The summed E-state index contributed by atoms with van der Waals surface area (Å²) in [7, 11) is 0. The van der Waals surface area contributed by atoms with Gasteiger partial charge in [-0.3, -0.25) is 14.7 Å². The van der Waals surface area contributed by atoms with Gasteiger partial charge in [-0.1, -0.05) is 12.1 Å². The highest BCUT2D eigenvalue weighted by atomic mass is 16.6. The van der Waals surface area contributed by atoms with Crippen molar-refractivity contribution in [1.29, 1.82) is 0 Å². The predicted octanol–water partition coefficient (Wildman–Crippen LogP) is 2.68. The molecule has 7 heteroatoms. The van der Waals surface area contributed by atoms with E-state index in [2.05, 4.69) is 6.07 Å². The molecule has 2 aromatic carbocycles. The van der Waals surface area contributed by atoms with Crippen LogP contribution in [-0.2, 0) is 19.4 Å². The third-order valence-electron chi connectivity index (χ3n) is 4.24. The first-order chi connectivity index (χ1) is 11.6. The van der Waals surface area contributed by atoms with Crippen LogP contribution >= 0.6 is 0 Å². The van der Waals surface area contributed by atoms with E-state index in [9.17, 15) is 14.9 Å². The Labute approximate surface area is 136 Å². The van der Waals surface area contributed by atoms with Gasteiger partial charge in [0.25, 0.3) is 5.69 Å². The van der Waals surface area contributed by atoms with Gasteiger partial charge in [0, 0.05) is 25.1 Å². The van der Waals surface area contributed by atoms with E-state index in [1.54, 1.807) is 0 Å². The van der Waals surface area contributed by atoms with E-state index in [4.69, 9.17) is 9.15 Å². The molecule has 0 bridgehead atoms. The maximum Gasteiger partial charge on any atom is 0.419 e. The molecule has 0 saturated carbocycles. The van der Waals surface area contributed by atoms with Crippen molar-refractivity contribution in [2.45, 2.75) is 19.4 Å². The lowest BCUT2D eigenvalue weighted by molar-refractivity contribution is -0.384. The average molecular weight is 326 g/mol. The summed E-state index contributed by atoms with van der Waals surface area (Å²) >= 11 is 0. The Morgan fingerprint density at radius 1 is 1.21 bits per heavy atom. The lowest BCUT2D eigenvalue weighted by atomic mass is 10.1. The summed E-state index contributed by atoms with van der Waals surface area (Å²) in [6.45, 7) is 1.10. The number of aromatic nitrogens is 1. The minimum absolute atomic E-state index is 0.0632. The Morgan fingerprint density at radius 2 is 2.08 bits per heavy atom. The molecule has 1 aliphatic rings. The lowest BCUT2D eigenvalue weighted by Gasteiger charge is -2.05. The second-order valence-corrected chi connectivity index (χ2v) is 5.72. The Bertz CT molecular complexity index is 1000. The van der Waals surface area contributed by atoms with Crippen molar-refractivity contribution in [3.63, 3.8) is 0 Å². The molecule has 7 nitrogen and oxygen atoms in total. The molecule has 0 fully saturated rings. The monoisotopic (exact) mass is 326 g/mol. The van der Waals surface area contributed by atoms with Crippen molar-refractivity contribution in [3.8, 4) is 5.75 Å². The Kier molecular flexibility index (Phi) is 3.34. The van der Waals surface area contributed by atoms with Gasteiger partial charge < -0.3 is 9.15 Å². The fourth-order valence-corrected chi connectivity index (χ4v) is 3.01. The Hall–Kier alpha value is -3.09. The second kappa shape index (κ2) is 5.52. The molecule has 0 spiro atoms. The molecular weight excluding hydrogens is 312 g/mol. The number of non-ortho nitro benzene ring substituents is 1. The van der Waals surface area contributed by atoms with E-state index in [1.165, 1.54) is 28.3 Å². The maximum atomic E-state index is 12.0. The summed E-state index contributed by atoms with van der Waals surface area (Å²) in [6, 6.07) is 10.2. The fourth-order valence-electron chi connectivity index (χ4n) is 3.01. The van der Waals surface area contributed by atoms with Crippen LogP contribution in [0.3, 0.4) is 0 Å². The van der Waals surface area contributed by atoms with Crippen LogP contribution in [0.4, 0.5) is 5.69 Å². The highest BCUT2D eigenvalue weighted by Crippen LogP contribution is 2.26. The van der Waals surface area contributed by atoms with E-state index in [1.807, 2.05) is 12.1 Å². The number of hydrogen-bond acceptors (Lipinski definition) is 5. The topological polar surface area (TPSA) is 87.5 Å². The molecule has 0 amide bonds. The van der Waals surface area contributed by atoms with Crippen LogP contribution in [0.2, 0.25) is 0 Å². The predicted molar refractivity (Wildman–Crippen MR) is 86.5 cm³/mol. The largest absolute Gasteiger partial charge is 0.493 e. The summed E-state index contributed by atoms with van der Waals surface area (Å²) in [6.07, 6.45) is 1.52. The van der Waals surface area contributed by atoms with E-state index in [-0.39, 0.29) is 5.69 Å². The molecule has 4 rings (SSSR count). The highest BCUT2D eigenvalue weighted by Gasteiger charge is 2.15. The van der Waals surface area contributed by atoms with Gasteiger partial charge in [0.2, 0.25) is 0 Å². The molecule has 3 aromatic rings. The van der Waals surface area contributed by atoms with Crippen molar-refractivity contribution in [2.24, 2.45) is 0 Å².